The van der Waals surface area contributed by atoms with Crippen LogP contribution < -0.4 is 5.32 Å². The zero-order valence-corrected chi connectivity index (χ0v) is 16.0. The number of hydrogen-bond acceptors (Lipinski definition) is 5. The van der Waals surface area contributed by atoms with Crippen molar-refractivity contribution in [2.45, 2.75) is 4.90 Å². The second-order valence-corrected chi connectivity index (χ2v) is 8.51. The molecule has 1 aliphatic rings. The van der Waals surface area contributed by atoms with Gasteiger partial charge in [0.25, 0.3) is 0 Å². The minimum absolute atomic E-state index is 0.276. The topological polar surface area (TPSA) is 71.5 Å². The van der Waals surface area contributed by atoms with E-state index in [4.69, 9.17) is 16.3 Å². The summed E-state index contributed by atoms with van der Waals surface area (Å²) in [5.74, 6) is 0. The van der Waals surface area contributed by atoms with Gasteiger partial charge in [0, 0.05) is 36.0 Å². The Bertz CT molecular complexity index is 1070. The number of rotatable bonds is 4. The van der Waals surface area contributed by atoms with Crippen molar-refractivity contribution in [3.05, 3.63) is 59.8 Å². The molecule has 1 saturated heterocycles. The minimum Gasteiger partial charge on any atom is -0.379 e. The van der Waals surface area contributed by atoms with E-state index in [9.17, 15) is 8.42 Å². The second kappa shape index (κ2) is 7.44. The third-order valence-electron chi connectivity index (χ3n) is 4.46. The smallest absolute Gasteiger partial charge is 0.243 e. The number of para-hydroxylation sites is 1. The Morgan fingerprint density at radius 3 is 2.52 bits per heavy atom. The van der Waals surface area contributed by atoms with Gasteiger partial charge in [-0.2, -0.15) is 4.31 Å². The highest BCUT2D eigenvalue weighted by Crippen LogP contribution is 2.29. The van der Waals surface area contributed by atoms with E-state index < -0.39 is 10.0 Å². The summed E-state index contributed by atoms with van der Waals surface area (Å²) in [5.41, 5.74) is 2.35. The fraction of sp³-hybridized carbons (Fsp3) is 0.211. The highest BCUT2D eigenvalue weighted by Gasteiger charge is 2.26. The van der Waals surface area contributed by atoms with Gasteiger partial charge in [-0.1, -0.05) is 23.7 Å². The molecule has 0 bridgehead atoms. The Morgan fingerprint density at radius 1 is 1.04 bits per heavy atom. The number of ether oxygens (including phenoxy) is 1. The molecule has 0 radical (unpaired) electrons. The number of benzene rings is 2. The quantitative estimate of drug-likeness (QED) is 0.719. The van der Waals surface area contributed by atoms with E-state index in [1.54, 1.807) is 36.5 Å². The third-order valence-corrected chi connectivity index (χ3v) is 6.68. The fourth-order valence-corrected chi connectivity index (χ4v) is 4.68. The van der Waals surface area contributed by atoms with Gasteiger partial charge in [0.15, 0.2) is 0 Å². The number of anilines is 2. The molecule has 6 nitrogen and oxygen atoms in total. The first-order valence-corrected chi connectivity index (χ1v) is 10.4. The summed E-state index contributed by atoms with van der Waals surface area (Å²) < 4.78 is 32.1. The molecule has 0 amide bonds. The molecule has 27 heavy (non-hydrogen) atoms. The van der Waals surface area contributed by atoms with E-state index in [-0.39, 0.29) is 4.90 Å². The fourth-order valence-electron chi connectivity index (χ4n) is 3.05. The van der Waals surface area contributed by atoms with Crippen LogP contribution in [0.4, 0.5) is 11.4 Å². The van der Waals surface area contributed by atoms with Gasteiger partial charge in [-0.25, -0.2) is 8.42 Å². The van der Waals surface area contributed by atoms with Crippen LogP contribution in [0.3, 0.4) is 0 Å². The molecule has 1 fully saturated rings. The van der Waals surface area contributed by atoms with Gasteiger partial charge >= 0.3 is 0 Å². The Hall–Kier alpha value is -2.19. The van der Waals surface area contributed by atoms with Crippen molar-refractivity contribution in [2.24, 2.45) is 0 Å². The molecular formula is C19H18ClN3O3S. The number of pyridine rings is 1. The Kier molecular flexibility index (Phi) is 5.01. The van der Waals surface area contributed by atoms with Crippen molar-refractivity contribution >= 4 is 43.9 Å². The molecule has 1 aliphatic heterocycles. The van der Waals surface area contributed by atoms with Gasteiger partial charge in [-0.05, 0) is 36.4 Å². The largest absolute Gasteiger partial charge is 0.379 e. The Morgan fingerprint density at radius 2 is 1.78 bits per heavy atom. The van der Waals surface area contributed by atoms with Crippen LogP contribution in [-0.2, 0) is 14.8 Å². The third kappa shape index (κ3) is 3.64. The zero-order valence-electron chi connectivity index (χ0n) is 14.4. The van der Waals surface area contributed by atoms with E-state index in [0.29, 0.717) is 31.3 Å². The molecule has 4 rings (SSSR count). The summed E-state index contributed by atoms with van der Waals surface area (Å²) in [6.45, 7) is 1.62. The zero-order chi connectivity index (χ0) is 18.9. The maximum absolute atomic E-state index is 12.7. The number of fused-ring (bicyclic) bond motifs is 1. The lowest BCUT2D eigenvalue weighted by Gasteiger charge is -2.26. The molecule has 140 valence electrons. The van der Waals surface area contributed by atoms with Crippen LogP contribution >= 0.6 is 11.6 Å². The summed E-state index contributed by atoms with van der Waals surface area (Å²) in [6, 6.07) is 14.2. The first kappa shape index (κ1) is 18.2. The molecule has 0 spiro atoms. The SMILES string of the molecule is O=S(=O)(c1ccc(Nc2ccnc3c(Cl)cccc23)cc1)N1CCOCC1. The number of sulfonamides is 1. The number of halogens is 1. The maximum Gasteiger partial charge on any atom is 0.243 e. The molecule has 0 atom stereocenters. The average molecular weight is 404 g/mol. The van der Waals surface area contributed by atoms with Gasteiger partial charge in [0.05, 0.1) is 28.6 Å². The normalized spacial score (nSPS) is 15.7. The van der Waals surface area contributed by atoms with Crippen LogP contribution in [0.5, 0.6) is 0 Å². The predicted molar refractivity (Wildman–Crippen MR) is 106 cm³/mol. The molecule has 0 saturated carbocycles. The van der Waals surface area contributed by atoms with E-state index in [2.05, 4.69) is 10.3 Å². The van der Waals surface area contributed by atoms with Crippen LogP contribution in [0.2, 0.25) is 5.02 Å². The van der Waals surface area contributed by atoms with Crippen molar-refractivity contribution in [3.63, 3.8) is 0 Å². The van der Waals surface area contributed by atoms with E-state index in [0.717, 1.165) is 22.3 Å². The van der Waals surface area contributed by atoms with Crippen molar-refractivity contribution in [1.82, 2.24) is 9.29 Å². The first-order valence-electron chi connectivity index (χ1n) is 8.54. The molecule has 1 aromatic heterocycles. The molecule has 0 aliphatic carbocycles. The van der Waals surface area contributed by atoms with Crippen molar-refractivity contribution in [3.8, 4) is 0 Å². The lowest BCUT2D eigenvalue weighted by molar-refractivity contribution is 0.0730. The minimum atomic E-state index is -3.49. The number of hydrogen-bond donors (Lipinski definition) is 1. The van der Waals surface area contributed by atoms with E-state index in [1.807, 2.05) is 18.2 Å². The lowest BCUT2D eigenvalue weighted by Crippen LogP contribution is -2.40. The van der Waals surface area contributed by atoms with Gasteiger partial charge < -0.3 is 10.1 Å². The summed E-state index contributed by atoms with van der Waals surface area (Å²) >= 11 is 6.21. The Balaban J connectivity index is 1.59. The standard InChI is InChI=1S/C19H18ClN3O3S/c20-17-3-1-2-16-18(8-9-21-19(16)17)22-14-4-6-15(7-5-14)27(24,25)23-10-12-26-13-11-23/h1-9H,10-13H2,(H,21,22). The number of aromatic nitrogens is 1. The van der Waals surface area contributed by atoms with Crippen molar-refractivity contribution in [2.75, 3.05) is 31.6 Å². The molecule has 8 heteroatoms. The summed E-state index contributed by atoms with van der Waals surface area (Å²) in [6.07, 6.45) is 1.69. The maximum atomic E-state index is 12.7. The second-order valence-electron chi connectivity index (χ2n) is 6.16. The van der Waals surface area contributed by atoms with E-state index >= 15 is 0 Å². The van der Waals surface area contributed by atoms with Gasteiger partial charge in [-0.3, -0.25) is 4.98 Å². The van der Waals surface area contributed by atoms with Crippen LogP contribution in [0.15, 0.2) is 59.6 Å². The van der Waals surface area contributed by atoms with Crippen molar-refractivity contribution in [1.29, 1.82) is 0 Å². The Labute approximate surface area is 162 Å². The molecular weight excluding hydrogens is 386 g/mol. The van der Waals surface area contributed by atoms with Gasteiger partial charge in [0.2, 0.25) is 10.0 Å². The molecule has 2 aromatic carbocycles. The highest BCUT2D eigenvalue weighted by molar-refractivity contribution is 7.89. The number of morpholine rings is 1. The summed E-state index contributed by atoms with van der Waals surface area (Å²) in [5, 5.41) is 4.79. The summed E-state index contributed by atoms with van der Waals surface area (Å²) in [4.78, 5) is 4.59. The average Bonchev–Trinajstić information content (AvgIpc) is 2.70. The van der Waals surface area contributed by atoms with Crippen LogP contribution in [0, 0.1) is 0 Å². The monoisotopic (exact) mass is 403 g/mol. The van der Waals surface area contributed by atoms with Crippen molar-refractivity contribution < 1.29 is 13.2 Å². The number of nitrogens with zero attached hydrogens (tertiary/aromatic N) is 2. The van der Waals surface area contributed by atoms with Gasteiger partial charge in [0.1, 0.15) is 0 Å². The lowest BCUT2D eigenvalue weighted by atomic mass is 10.2. The molecule has 3 aromatic rings. The molecule has 0 unspecified atom stereocenters. The van der Waals surface area contributed by atoms with Crippen LogP contribution in [0.1, 0.15) is 0 Å². The predicted octanol–water partition coefficient (Wildman–Crippen LogP) is 3.65. The van der Waals surface area contributed by atoms with Crippen LogP contribution in [0.25, 0.3) is 10.9 Å². The summed E-state index contributed by atoms with van der Waals surface area (Å²) in [7, 11) is -3.49. The highest BCUT2D eigenvalue weighted by atomic mass is 35.5. The van der Waals surface area contributed by atoms with E-state index in [1.165, 1.54) is 4.31 Å². The first-order chi connectivity index (χ1) is 13.1. The molecule has 1 N–H and O–H groups in total. The molecule has 2 heterocycles. The number of nitrogens with one attached hydrogen (secondary N) is 1. The van der Waals surface area contributed by atoms with Crippen LogP contribution in [-0.4, -0.2) is 44.0 Å². The van der Waals surface area contributed by atoms with Gasteiger partial charge in [-0.15, -0.1) is 0 Å².